The fourth-order valence-electron chi connectivity index (χ4n) is 0. The first-order chi connectivity index (χ1) is 0. The summed E-state index contributed by atoms with van der Waals surface area (Å²) in [5.41, 5.74) is 0. The molecule has 0 heterocycles. The van der Waals surface area contributed by atoms with Crippen LogP contribution in [0.4, 0.5) is 0 Å². The molecular formula is H3BCoCrHfPtRe. The largest absolute Gasteiger partial charge is 0.0814 e. The maximum atomic E-state index is 0. The van der Waals surface area contributed by atoms with Gasteiger partial charge < -0.3 is 0 Å². The second kappa shape index (κ2) is 40.4. The number of rotatable bonds is 0. The summed E-state index contributed by atoms with van der Waals surface area (Å²) in [4.78, 5) is 0. The Labute approximate surface area is 108 Å². The maximum Gasteiger partial charge on any atom is 0.0814 e. The maximum absolute atomic E-state index is 0. The second-order valence-electron chi connectivity index (χ2n) is 0. The van der Waals surface area contributed by atoms with Crippen molar-refractivity contribution in [3.8, 4) is 0 Å². The van der Waals surface area contributed by atoms with Crippen molar-refractivity contribution < 1.29 is 101 Å². The molecule has 0 bridgehead atoms. The van der Waals surface area contributed by atoms with Crippen LogP contribution in [0.15, 0.2) is 0 Å². The Balaban J connectivity index is 0. The van der Waals surface area contributed by atoms with E-state index in [9.17, 15) is 0 Å². The first kappa shape index (κ1) is 58.5. The smallest absolute Gasteiger partial charge is 0 e. The summed E-state index contributed by atoms with van der Waals surface area (Å²) in [6, 6.07) is 0. The van der Waals surface area contributed by atoms with E-state index in [1.54, 1.807) is 0 Å². The van der Waals surface area contributed by atoms with Crippen molar-refractivity contribution >= 4 is 8.41 Å². The third-order valence-corrected chi connectivity index (χ3v) is 0. The van der Waals surface area contributed by atoms with Gasteiger partial charge in [-0.15, -0.1) is 0 Å². The zero-order valence-corrected chi connectivity index (χ0v) is 12.8. The van der Waals surface area contributed by atoms with Crippen LogP contribution in [0.5, 0.6) is 0 Å². The molecule has 0 unspecified atom stereocenters. The van der Waals surface area contributed by atoms with E-state index >= 15 is 0 Å². The fraction of sp³-hybridized carbons (Fsp3) is 0. The van der Waals surface area contributed by atoms with Crippen LogP contribution in [0.3, 0.4) is 0 Å². The van der Waals surface area contributed by atoms with Gasteiger partial charge in [-0.2, -0.15) is 0 Å². The van der Waals surface area contributed by atoms with E-state index in [-0.39, 0.29) is 110 Å². The van der Waals surface area contributed by atoms with Gasteiger partial charge in [0.2, 0.25) is 0 Å². The van der Waals surface area contributed by atoms with E-state index < -0.39 is 0 Å². The molecule has 6 heavy (non-hydrogen) atoms. The van der Waals surface area contributed by atoms with Crippen molar-refractivity contribution in [1.29, 1.82) is 0 Å². The second-order valence-corrected chi connectivity index (χ2v) is 0. The van der Waals surface area contributed by atoms with E-state index in [2.05, 4.69) is 0 Å². The van der Waals surface area contributed by atoms with Crippen molar-refractivity contribution in [3.63, 3.8) is 0 Å². The first-order valence-electron chi connectivity index (χ1n) is 0. The normalized spacial score (nSPS) is 0. The van der Waals surface area contributed by atoms with Crippen LogP contribution in [-0.4, -0.2) is 8.41 Å². The molecule has 0 spiro atoms. The minimum absolute atomic E-state index is 0. The Morgan fingerprint density at radius 1 is 1.00 bits per heavy atom. The standard InChI is InChI=1S/BH3.Co.Cr.Hf.Pt.Re/h1H3;;;;;. The van der Waals surface area contributed by atoms with Gasteiger partial charge in [0.1, 0.15) is 0 Å². The Morgan fingerprint density at radius 2 is 1.00 bits per heavy atom. The van der Waals surface area contributed by atoms with E-state index in [0.717, 1.165) is 0 Å². The van der Waals surface area contributed by atoms with Crippen molar-refractivity contribution in [2.45, 2.75) is 0 Å². The Morgan fingerprint density at radius 3 is 1.00 bits per heavy atom. The molecule has 0 rings (SSSR count). The molecule has 42 valence electrons. The molecule has 0 atom stereocenters. The molecule has 0 nitrogen and oxygen atoms in total. The molecule has 0 N–H and O–H groups in total. The number of hydrogen-bond acceptors (Lipinski definition) is 0. The molecule has 0 aliphatic carbocycles. The summed E-state index contributed by atoms with van der Waals surface area (Å²) in [7, 11) is 0. The van der Waals surface area contributed by atoms with Gasteiger partial charge in [0.15, 0.2) is 0 Å². The van der Waals surface area contributed by atoms with Crippen LogP contribution in [0.1, 0.15) is 0 Å². The predicted octanol–water partition coefficient (Wildman–Crippen LogP) is -1.20. The molecule has 0 aromatic rings. The molecule has 0 amide bonds. The Kier molecular flexibility index (Phi) is 394. The molecule has 0 saturated heterocycles. The summed E-state index contributed by atoms with van der Waals surface area (Å²) in [5, 5.41) is 0. The quantitative estimate of drug-likeness (QED) is 0.282. The average Bonchev–Trinajstić information content (AvgIpc) is 0. The summed E-state index contributed by atoms with van der Waals surface area (Å²) in [6.45, 7) is 0. The predicted molar refractivity (Wildman–Crippen MR) is 9.94 cm³/mol. The van der Waals surface area contributed by atoms with Crippen molar-refractivity contribution in [2.24, 2.45) is 0 Å². The fourth-order valence-corrected chi connectivity index (χ4v) is 0. The Bertz CT molecular complexity index is 15.5. The molecular weight excluding hydrogens is 682 g/mol. The van der Waals surface area contributed by atoms with Gasteiger partial charge in [-0.3, -0.25) is 0 Å². The van der Waals surface area contributed by atoms with Gasteiger partial charge in [-0.05, 0) is 0 Å². The van der Waals surface area contributed by atoms with E-state index in [0.29, 0.717) is 0 Å². The molecule has 6 heteroatoms. The summed E-state index contributed by atoms with van der Waals surface area (Å²) in [5.74, 6) is 0. The first-order valence-corrected chi connectivity index (χ1v) is 0. The van der Waals surface area contributed by atoms with Gasteiger partial charge in [0, 0.05) is 101 Å². The van der Waals surface area contributed by atoms with Gasteiger partial charge in [-0.1, -0.05) is 0 Å². The van der Waals surface area contributed by atoms with Crippen LogP contribution in [0.25, 0.3) is 0 Å². The molecule has 0 aliphatic rings. The SMILES string of the molecule is B.[Co].[Cr].[Hf].[Pt].[Re]. The third kappa shape index (κ3) is 26.5. The zero-order chi connectivity index (χ0) is 0. The van der Waals surface area contributed by atoms with Crippen LogP contribution in [-0.2, 0) is 101 Å². The molecule has 0 aliphatic heterocycles. The molecule has 0 aromatic heterocycles. The topological polar surface area (TPSA) is 0 Å². The summed E-state index contributed by atoms with van der Waals surface area (Å²) >= 11 is 0. The van der Waals surface area contributed by atoms with Crippen molar-refractivity contribution in [2.75, 3.05) is 0 Å². The van der Waals surface area contributed by atoms with E-state index in [4.69, 9.17) is 0 Å². The van der Waals surface area contributed by atoms with Gasteiger partial charge in [-0.25, -0.2) is 0 Å². The summed E-state index contributed by atoms with van der Waals surface area (Å²) in [6.07, 6.45) is 0. The van der Waals surface area contributed by atoms with Crippen LogP contribution < -0.4 is 0 Å². The van der Waals surface area contributed by atoms with Crippen molar-refractivity contribution in [3.05, 3.63) is 0 Å². The Hall–Kier alpha value is 3.32. The van der Waals surface area contributed by atoms with E-state index in [1.165, 1.54) is 0 Å². The van der Waals surface area contributed by atoms with Crippen LogP contribution in [0.2, 0.25) is 0 Å². The van der Waals surface area contributed by atoms with Gasteiger partial charge >= 0.3 is 0 Å². The monoisotopic (exact) mass is 687 g/mol. The van der Waals surface area contributed by atoms with E-state index in [1.807, 2.05) is 0 Å². The minimum atomic E-state index is 0. The molecule has 0 fully saturated rings. The zero-order valence-electron chi connectivity index (χ0n) is 1.94. The van der Waals surface area contributed by atoms with Crippen LogP contribution in [0, 0.1) is 0 Å². The van der Waals surface area contributed by atoms with Crippen molar-refractivity contribution in [1.82, 2.24) is 0 Å². The summed E-state index contributed by atoms with van der Waals surface area (Å²) < 4.78 is 0. The molecule has 0 aromatic carbocycles. The number of hydrogen-bond donors (Lipinski definition) is 0. The minimum Gasteiger partial charge on any atom is 0 e. The third-order valence-electron chi connectivity index (χ3n) is 0. The molecule has 0 saturated carbocycles. The van der Waals surface area contributed by atoms with Gasteiger partial charge in [0.25, 0.3) is 0 Å². The molecule has 2 radical (unpaired) electrons. The van der Waals surface area contributed by atoms with Gasteiger partial charge in [0.05, 0.1) is 8.41 Å². The average molecular weight is 685 g/mol. The van der Waals surface area contributed by atoms with Crippen LogP contribution >= 0.6 is 0 Å².